The highest BCUT2D eigenvalue weighted by molar-refractivity contribution is 7.80. The number of rotatable bonds is 1. The van der Waals surface area contributed by atoms with Gasteiger partial charge in [-0.1, -0.05) is 12.2 Å². The van der Waals surface area contributed by atoms with Crippen molar-refractivity contribution in [2.45, 2.75) is 19.8 Å². The van der Waals surface area contributed by atoms with Crippen LogP contribution < -0.4 is 0 Å². The van der Waals surface area contributed by atoms with Gasteiger partial charge in [-0.3, -0.25) is 0 Å². The third kappa shape index (κ3) is 3.96. The van der Waals surface area contributed by atoms with Crippen LogP contribution in [-0.4, -0.2) is 59.0 Å². The SMILES string of the molecule is CC(=NC(=S)C1CCCN(C(=O)O)C1)N(C)C. The van der Waals surface area contributed by atoms with E-state index < -0.39 is 6.09 Å². The molecule has 1 rings (SSSR count). The molecule has 96 valence electrons. The van der Waals surface area contributed by atoms with Gasteiger partial charge in [0.1, 0.15) is 10.8 Å². The third-order valence-electron chi connectivity index (χ3n) is 2.96. The number of carboxylic acid groups (broad SMARTS) is 1. The minimum Gasteiger partial charge on any atom is -0.465 e. The lowest BCUT2D eigenvalue weighted by Crippen LogP contribution is -2.41. The zero-order valence-corrected chi connectivity index (χ0v) is 11.3. The molecule has 1 amide bonds. The molecule has 0 radical (unpaired) electrons. The van der Waals surface area contributed by atoms with E-state index in [1.165, 1.54) is 4.90 Å². The fourth-order valence-corrected chi connectivity index (χ4v) is 2.03. The summed E-state index contributed by atoms with van der Waals surface area (Å²) in [7, 11) is 3.82. The van der Waals surface area contributed by atoms with Crippen molar-refractivity contribution < 1.29 is 9.90 Å². The first-order valence-electron chi connectivity index (χ1n) is 5.66. The second-order valence-corrected chi connectivity index (χ2v) is 4.88. The highest BCUT2D eigenvalue weighted by Crippen LogP contribution is 2.19. The molecule has 17 heavy (non-hydrogen) atoms. The molecule has 0 aromatic carbocycles. The molecule has 1 saturated heterocycles. The van der Waals surface area contributed by atoms with E-state index in [2.05, 4.69) is 4.99 Å². The van der Waals surface area contributed by atoms with E-state index in [-0.39, 0.29) is 5.92 Å². The molecule has 5 nitrogen and oxygen atoms in total. The smallest absolute Gasteiger partial charge is 0.407 e. The van der Waals surface area contributed by atoms with Crippen molar-refractivity contribution in [2.75, 3.05) is 27.2 Å². The maximum atomic E-state index is 10.9. The Balaban J connectivity index is 2.64. The average Bonchev–Trinajstić information content (AvgIpc) is 2.28. The van der Waals surface area contributed by atoms with Gasteiger partial charge in [0.2, 0.25) is 0 Å². The number of hydrogen-bond donors (Lipinski definition) is 1. The molecule has 6 heteroatoms. The Bertz CT molecular complexity index is 342. The first-order chi connectivity index (χ1) is 7.91. The van der Waals surface area contributed by atoms with Crippen LogP contribution in [0, 0.1) is 5.92 Å². The highest BCUT2D eigenvalue weighted by atomic mass is 32.1. The number of amidine groups is 1. The minimum atomic E-state index is -0.870. The van der Waals surface area contributed by atoms with Crippen LogP contribution in [0.15, 0.2) is 4.99 Å². The summed E-state index contributed by atoms with van der Waals surface area (Å²) in [6, 6.07) is 0. The normalized spacial score (nSPS) is 21.2. The fraction of sp³-hybridized carbons (Fsp3) is 0.727. The fourth-order valence-electron chi connectivity index (χ4n) is 1.70. The lowest BCUT2D eigenvalue weighted by Gasteiger charge is -2.30. The Morgan fingerprint density at radius 2 is 2.18 bits per heavy atom. The van der Waals surface area contributed by atoms with Crippen LogP contribution in [0.25, 0.3) is 0 Å². The van der Waals surface area contributed by atoms with Gasteiger partial charge >= 0.3 is 6.09 Å². The lowest BCUT2D eigenvalue weighted by molar-refractivity contribution is 0.129. The van der Waals surface area contributed by atoms with Crippen molar-refractivity contribution in [3.05, 3.63) is 0 Å². The summed E-state index contributed by atoms with van der Waals surface area (Å²) in [6.45, 7) is 2.97. The number of nitrogens with zero attached hydrogens (tertiary/aromatic N) is 3. The molecule has 0 aromatic rings. The van der Waals surface area contributed by atoms with Crippen molar-refractivity contribution >= 4 is 29.1 Å². The van der Waals surface area contributed by atoms with Crippen LogP contribution in [0.2, 0.25) is 0 Å². The van der Waals surface area contributed by atoms with Crippen LogP contribution in [-0.2, 0) is 0 Å². The largest absolute Gasteiger partial charge is 0.465 e. The predicted octanol–water partition coefficient (Wildman–Crippen LogP) is 1.68. The van der Waals surface area contributed by atoms with E-state index in [0.29, 0.717) is 18.1 Å². The van der Waals surface area contributed by atoms with Crippen LogP contribution in [0.1, 0.15) is 19.8 Å². The molecule has 0 bridgehead atoms. The first-order valence-corrected chi connectivity index (χ1v) is 6.07. The second kappa shape index (κ2) is 5.95. The predicted molar refractivity (Wildman–Crippen MR) is 71.7 cm³/mol. The first kappa shape index (κ1) is 13.9. The van der Waals surface area contributed by atoms with Gasteiger partial charge in [0, 0.05) is 33.1 Å². The Kier molecular flexibility index (Phi) is 4.86. The second-order valence-electron chi connectivity index (χ2n) is 4.46. The van der Waals surface area contributed by atoms with Crippen LogP contribution >= 0.6 is 12.2 Å². The van der Waals surface area contributed by atoms with E-state index in [1.54, 1.807) is 0 Å². The Labute approximate surface area is 107 Å². The van der Waals surface area contributed by atoms with E-state index in [1.807, 2.05) is 25.9 Å². The molecule has 1 unspecified atom stereocenters. The molecule has 0 aliphatic carbocycles. The average molecular weight is 257 g/mol. The molecule has 1 heterocycles. The zero-order valence-electron chi connectivity index (χ0n) is 10.5. The molecule has 0 saturated carbocycles. The van der Waals surface area contributed by atoms with Gasteiger partial charge in [0.25, 0.3) is 0 Å². The van der Waals surface area contributed by atoms with E-state index in [9.17, 15) is 4.79 Å². The number of likely N-dealkylation sites (tertiary alicyclic amines) is 1. The molecular weight excluding hydrogens is 238 g/mol. The molecular formula is C11H19N3O2S. The molecule has 1 atom stereocenters. The maximum absolute atomic E-state index is 10.9. The summed E-state index contributed by atoms with van der Waals surface area (Å²) < 4.78 is 0. The monoisotopic (exact) mass is 257 g/mol. The molecule has 1 N–H and O–H groups in total. The number of carbonyl (C=O) groups is 1. The van der Waals surface area contributed by atoms with E-state index in [0.717, 1.165) is 18.7 Å². The van der Waals surface area contributed by atoms with E-state index >= 15 is 0 Å². The maximum Gasteiger partial charge on any atom is 0.407 e. The topological polar surface area (TPSA) is 56.1 Å². The Morgan fingerprint density at radius 3 is 2.71 bits per heavy atom. The molecule has 0 spiro atoms. The molecule has 1 fully saturated rings. The van der Waals surface area contributed by atoms with Gasteiger partial charge in [-0.05, 0) is 19.8 Å². The van der Waals surface area contributed by atoms with Crippen molar-refractivity contribution in [2.24, 2.45) is 10.9 Å². The molecule has 0 aromatic heterocycles. The number of aliphatic imine (C=N–C) groups is 1. The quantitative estimate of drug-likeness (QED) is 0.441. The zero-order chi connectivity index (χ0) is 13.0. The van der Waals surface area contributed by atoms with Gasteiger partial charge in [0.15, 0.2) is 0 Å². The Morgan fingerprint density at radius 1 is 1.53 bits per heavy atom. The van der Waals surface area contributed by atoms with Gasteiger partial charge in [-0.25, -0.2) is 9.79 Å². The summed E-state index contributed by atoms with van der Waals surface area (Å²) in [4.78, 5) is 19.2. The van der Waals surface area contributed by atoms with Crippen molar-refractivity contribution in [3.63, 3.8) is 0 Å². The number of hydrogen-bond acceptors (Lipinski definition) is 2. The van der Waals surface area contributed by atoms with Crippen LogP contribution in [0.4, 0.5) is 4.79 Å². The van der Waals surface area contributed by atoms with E-state index in [4.69, 9.17) is 17.3 Å². The summed E-state index contributed by atoms with van der Waals surface area (Å²) in [5.74, 6) is 0.923. The van der Waals surface area contributed by atoms with Crippen molar-refractivity contribution in [1.82, 2.24) is 9.80 Å². The Hall–Kier alpha value is -1.17. The van der Waals surface area contributed by atoms with Gasteiger partial charge in [-0.2, -0.15) is 0 Å². The minimum absolute atomic E-state index is 0.0738. The van der Waals surface area contributed by atoms with Crippen LogP contribution in [0.5, 0.6) is 0 Å². The molecule has 1 aliphatic heterocycles. The van der Waals surface area contributed by atoms with Crippen LogP contribution in [0.3, 0.4) is 0 Å². The summed E-state index contributed by atoms with van der Waals surface area (Å²) >= 11 is 5.28. The number of piperidine rings is 1. The van der Waals surface area contributed by atoms with Gasteiger partial charge < -0.3 is 14.9 Å². The highest BCUT2D eigenvalue weighted by Gasteiger charge is 2.25. The lowest BCUT2D eigenvalue weighted by atomic mass is 9.98. The van der Waals surface area contributed by atoms with Gasteiger partial charge in [0.05, 0.1) is 0 Å². The van der Waals surface area contributed by atoms with Crippen molar-refractivity contribution in [1.29, 1.82) is 0 Å². The van der Waals surface area contributed by atoms with Gasteiger partial charge in [-0.15, -0.1) is 0 Å². The number of thiocarbonyl (C=S) groups is 1. The molecule has 1 aliphatic rings. The van der Waals surface area contributed by atoms with Crippen molar-refractivity contribution in [3.8, 4) is 0 Å². The number of amides is 1. The summed E-state index contributed by atoms with van der Waals surface area (Å²) in [5.41, 5.74) is 0. The summed E-state index contributed by atoms with van der Waals surface area (Å²) in [5, 5.41) is 8.95. The third-order valence-corrected chi connectivity index (χ3v) is 3.38. The standard InChI is InChI=1S/C11H19N3O2S/c1-8(13(2)3)12-10(17)9-5-4-6-14(7-9)11(15)16/h9H,4-7H2,1-3H3,(H,15,16). The summed E-state index contributed by atoms with van der Waals surface area (Å²) in [6.07, 6.45) is 0.909.